The maximum absolute atomic E-state index is 14.0. The van der Waals surface area contributed by atoms with E-state index < -0.39 is 5.54 Å². The van der Waals surface area contributed by atoms with E-state index in [2.05, 4.69) is 36.4 Å². The molecule has 0 bridgehead atoms. The van der Waals surface area contributed by atoms with E-state index >= 15 is 0 Å². The molecule has 0 aliphatic heterocycles. The van der Waals surface area contributed by atoms with Crippen LogP contribution in [0.5, 0.6) is 5.75 Å². The molecule has 1 heterocycles. The van der Waals surface area contributed by atoms with Gasteiger partial charge in [0.05, 0.1) is 10.1 Å². The lowest BCUT2D eigenvalue weighted by Crippen LogP contribution is -2.41. The van der Waals surface area contributed by atoms with Crippen molar-refractivity contribution in [2.75, 3.05) is 6.61 Å². The molecular formula is C29H23NO3S. The Morgan fingerprint density at radius 3 is 1.76 bits per heavy atom. The van der Waals surface area contributed by atoms with Crippen LogP contribution in [0.15, 0.2) is 114 Å². The quantitative estimate of drug-likeness (QED) is 0.282. The molecule has 0 spiro atoms. The Balaban J connectivity index is 1.83. The zero-order chi connectivity index (χ0) is 23.5. The summed E-state index contributed by atoms with van der Waals surface area (Å²) in [6.45, 7) is 1.49. The maximum atomic E-state index is 14.0. The fraction of sp³-hybridized carbons (Fsp3) is 0.103. The Morgan fingerprint density at radius 2 is 1.29 bits per heavy atom. The van der Waals surface area contributed by atoms with Crippen LogP contribution in [-0.4, -0.2) is 16.3 Å². The monoisotopic (exact) mass is 465 g/mol. The van der Waals surface area contributed by atoms with Crippen LogP contribution in [0.2, 0.25) is 0 Å². The Bertz CT molecular complexity index is 1390. The molecule has 0 aliphatic carbocycles. The summed E-state index contributed by atoms with van der Waals surface area (Å²) in [6, 6.07) is 35.7. The highest BCUT2D eigenvalue weighted by atomic mass is 32.1. The number of Topliss-reactive ketones (excluding diaryl/α,β-unsaturated/α-hetero) is 1. The molecule has 0 aliphatic rings. The molecule has 4 aromatic carbocycles. The number of carbonyl (C=O) groups is 1. The Labute approximate surface area is 201 Å². The van der Waals surface area contributed by atoms with Crippen LogP contribution < -0.4 is 10.3 Å². The fourth-order valence-corrected chi connectivity index (χ4v) is 5.64. The minimum atomic E-state index is -0.856. The average molecular weight is 466 g/mol. The third-order valence-corrected chi connectivity index (χ3v) is 7.04. The lowest BCUT2D eigenvalue weighted by atomic mass is 9.77. The van der Waals surface area contributed by atoms with Crippen LogP contribution in [-0.2, 0) is 10.3 Å². The van der Waals surface area contributed by atoms with E-state index in [1.54, 1.807) is 12.1 Å². The van der Waals surface area contributed by atoms with E-state index in [0.717, 1.165) is 21.4 Å². The fourth-order valence-electron chi connectivity index (χ4n) is 4.39. The lowest BCUT2D eigenvalue weighted by Gasteiger charge is -2.36. The normalized spacial score (nSPS) is 11.4. The third-order valence-electron chi connectivity index (χ3n) is 5.88. The van der Waals surface area contributed by atoms with Crippen molar-refractivity contribution in [2.24, 2.45) is 0 Å². The minimum Gasteiger partial charge on any atom is -0.486 e. The first kappa shape index (κ1) is 21.9. The molecule has 0 N–H and O–H groups in total. The predicted molar refractivity (Wildman–Crippen MR) is 137 cm³/mol. The molecule has 0 saturated heterocycles. The van der Waals surface area contributed by atoms with E-state index in [0.29, 0.717) is 11.1 Å². The first-order valence-corrected chi connectivity index (χ1v) is 11.8. The van der Waals surface area contributed by atoms with E-state index in [1.165, 1.54) is 18.5 Å². The van der Waals surface area contributed by atoms with Crippen molar-refractivity contribution < 1.29 is 9.53 Å². The van der Waals surface area contributed by atoms with E-state index in [4.69, 9.17) is 4.74 Å². The van der Waals surface area contributed by atoms with Gasteiger partial charge in [-0.15, -0.1) is 0 Å². The standard InChI is InChI=1S/C29H23NO3S/c1-21(31)20-33-25-17-18-26-27(19-25)34-30(28(26)32)29(22-11-5-2-6-12-22,23-13-7-3-8-14-23)24-15-9-4-10-16-24/h2-19H,20H2,1H3. The molecule has 0 fully saturated rings. The molecule has 4 nitrogen and oxygen atoms in total. The summed E-state index contributed by atoms with van der Waals surface area (Å²) in [5.74, 6) is 0.517. The maximum Gasteiger partial charge on any atom is 0.270 e. The molecule has 0 radical (unpaired) electrons. The van der Waals surface area contributed by atoms with Crippen molar-refractivity contribution in [3.63, 3.8) is 0 Å². The van der Waals surface area contributed by atoms with Gasteiger partial charge < -0.3 is 4.74 Å². The first-order valence-electron chi connectivity index (χ1n) is 11.1. The molecule has 0 unspecified atom stereocenters. The summed E-state index contributed by atoms with van der Waals surface area (Å²) in [5, 5.41) is 0.618. The molecule has 168 valence electrons. The van der Waals surface area contributed by atoms with Crippen LogP contribution in [0.25, 0.3) is 10.1 Å². The van der Waals surface area contributed by atoms with Gasteiger partial charge in [-0.3, -0.25) is 9.59 Å². The number of benzene rings is 4. The molecular weight excluding hydrogens is 442 g/mol. The molecule has 5 aromatic rings. The van der Waals surface area contributed by atoms with Crippen molar-refractivity contribution in [1.82, 2.24) is 3.96 Å². The number of carbonyl (C=O) groups excluding carboxylic acids is 1. The molecule has 5 rings (SSSR count). The van der Waals surface area contributed by atoms with Crippen molar-refractivity contribution in [1.29, 1.82) is 0 Å². The Kier molecular flexibility index (Phi) is 5.86. The van der Waals surface area contributed by atoms with Gasteiger partial charge in [0, 0.05) is 0 Å². The molecule has 0 saturated carbocycles. The highest BCUT2D eigenvalue weighted by Crippen LogP contribution is 2.42. The van der Waals surface area contributed by atoms with E-state index in [1.807, 2.05) is 64.6 Å². The highest BCUT2D eigenvalue weighted by molar-refractivity contribution is 7.14. The van der Waals surface area contributed by atoms with E-state index in [-0.39, 0.29) is 17.9 Å². The van der Waals surface area contributed by atoms with Gasteiger partial charge in [0.2, 0.25) is 0 Å². The van der Waals surface area contributed by atoms with Crippen LogP contribution in [0, 0.1) is 0 Å². The number of aromatic nitrogens is 1. The topological polar surface area (TPSA) is 48.3 Å². The van der Waals surface area contributed by atoms with Crippen LogP contribution in [0.1, 0.15) is 23.6 Å². The largest absolute Gasteiger partial charge is 0.486 e. The number of rotatable bonds is 7. The predicted octanol–water partition coefficient (Wildman–Crippen LogP) is 5.87. The number of ether oxygens (including phenoxy) is 1. The second-order valence-corrected chi connectivity index (χ2v) is 9.14. The van der Waals surface area contributed by atoms with Gasteiger partial charge in [-0.25, -0.2) is 3.96 Å². The van der Waals surface area contributed by atoms with E-state index in [9.17, 15) is 9.59 Å². The third kappa shape index (κ3) is 3.74. The summed E-state index contributed by atoms with van der Waals surface area (Å²) in [4.78, 5) is 25.3. The molecule has 5 heteroatoms. The second-order valence-electron chi connectivity index (χ2n) is 8.15. The number of fused-ring (bicyclic) bond motifs is 1. The first-order chi connectivity index (χ1) is 16.6. The SMILES string of the molecule is CC(=O)COc1ccc2c(=O)n(C(c3ccccc3)(c3ccccc3)c3ccccc3)sc2c1. The molecule has 34 heavy (non-hydrogen) atoms. The second kappa shape index (κ2) is 9.12. The van der Waals surface area contributed by atoms with Gasteiger partial charge in [-0.1, -0.05) is 103 Å². The summed E-state index contributed by atoms with van der Waals surface area (Å²) in [7, 11) is 0. The summed E-state index contributed by atoms with van der Waals surface area (Å²) in [5.41, 5.74) is 2.05. The number of hydrogen-bond acceptors (Lipinski definition) is 4. The van der Waals surface area contributed by atoms with Gasteiger partial charge >= 0.3 is 0 Å². The van der Waals surface area contributed by atoms with Gasteiger partial charge in [0.25, 0.3) is 5.56 Å². The van der Waals surface area contributed by atoms with Crippen molar-refractivity contribution in [2.45, 2.75) is 12.5 Å². The Morgan fingerprint density at radius 1 is 0.794 bits per heavy atom. The highest BCUT2D eigenvalue weighted by Gasteiger charge is 2.40. The van der Waals surface area contributed by atoms with Gasteiger partial charge in [0.15, 0.2) is 5.78 Å². The number of ketones is 1. The zero-order valence-electron chi connectivity index (χ0n) is 18.7. The average Bonchev–Trinajstić information content (AvgIpc) is 3.21. The van der Waals surface area contributed by atoms with Crippen molar-refractivity contribution >= 4 is 27.4 Å². The smallest absolute Gasteiger partial charge is 0.270 e. The summed E-state index contributed by atoms with van der Waals surface area (Å²) < 4.78 is 8.28. The summed E-state index contributed by atoms with van der Waals surface area (Å²) in [6.07, 6.45) is 0. The zero-order valence-corrected chi connectivity index (χ0v) is 19.5. The van der Waals surface area contributed by atoms with Gasteiger partial charge in [0.1, 0.15) is 17.9 Å². The number of nitrogens with zero attached hydrogens (tertiary/aromatic N) is 1. The lowest BCUT2D eigenvalue weighted by molar-refractivity contribution is -0.118. The van der Waals surface area contributed by atoms with Crippen LogP contribution in [0.3, 0.4) is 0 Å². The van der Waals surface area contributed by atoms with Gasteiger partial charge in [-0.2, -0.15) is 0 Å². The molecule has 0 amide bonds. The van der Waals surface area contributed by atoms with Crippen LogP contribution in [0.4, 0.5) is 0 Å². The molecule has 1 aromatic heterocycles. The molecule has 0 atom stereocenters. The van der Waals surface area contributed by atoms with Crippen molar-refractivity contribution in [3.8, 4) is 5.75 Å². The summed E-state index contributed by atoms with van der Waals surface area (Å²) >= 11 is 1.40. The van der Waals surface area contributed by atoms with Crippen LogP contribution >= 0.6 is 11.5 Å². The number of hydrogen-bond donors (Lipinski definition) is 0. The minimum absolute atomic E-state index is 0.00307. The Hall–Kier alpha value is -3.96. The van der Waals surface area contributed by atoms with Gasteiger partial charge in [-0.05, 0) is 41.8 Å². The van der Waals surface area contributed by atoms with Crippen molar-refractivity contribution in [3.05, 3.63) is 136 Å².